The molecule has 1 heterocycles. The lowest BCUT2D eigenvalue weighted by Gasteiger charge is -2.09. The van der Waals surface area contributed by atoms with Gasteiger partial charge in [-0.15, -0.1) is 0 Å². The summed E-state index contributed by atoms with van der Waals surface area (Å²) in [6.07, 6.45) is 0.754. The number of fused-ring (bicyclic) bond motifs is 1. The number of halogens is 2. The summed E-state index contributed by atoms with van der Waals surface area (Å²) in [5.41, 5.74) is 1.38. The quantitative estimate of drug-likeness (QED) is 0.605. The number of carbonyl (C=O) groups is 1. The van der Waals surface area contributed by atoms with Gasteiger partial charge in [0.05, 0.1) is 17.5 Å². The van der Waals surface area contributed by atoms with Crippen molar-refractivity contribution in [1.82, 2.24) is 0 Å². The monoisotopic (exact) mass is 392 g/mol. The second-order valence-corrected chi connectivity index (χ2v) is 6.00. The molecule has 0 unspecified atom stereocenters. The van der Waals surface area contributed by atoms with Gasteiger partial charge in [0.1, 0.15) is 16.5 Å². The Kier molecular flexibility index (Phi) is 4.24. The second-order valence-electron chi connectivity index (χ2n) is 4.80. The molecule has 3 aromatic rings. The van der Waals surface area contributed by atoms with E-state index in [0.29, 0.717) is 43.1 Å². The van der Waals surface area contributed by atoms with E-state index in [4.69, 9.17) is 20.8 Å². The number of hydrogen-bond donors (Lipinski definition) is 0. The van der Waals surface area contributed by atoms with Gasteiger partial charge in [-0.3, -0.25) is 9.59 Å². The topological polar surface area (TPSA) is 56.5 Å². The number of aldehydes is 1. The third-order valence-corrected chi connectivity index (χ3v) is 4.41. The third kappa shape index (κ3) is 2.78. The summed E-state index contributed by atoms with van der Waals surface area (Å²) in [5.74, 6) is 0.792. The van der Waals surface area contributed by atoms with E-state index in [-0.39, 0.29) is 5.43 Å². The Morgan fingerprint density at radius 1 is 1.22 bits per heavy atom. The molecular weight excluding hydrogens is 384 g/mol. The first-order chi connectivity index (χ1) is 11.0. The molecule has 0 saturated carbocycles. The summed E-state index contributed by atoms with van der Waals surface area (Å²) in [5, 5.41) is 0.679. The highest BCUT2D eigenvalue weighted by Crippen LogP contribution is 2.39. The molecule has 2 aromatic carbocycles. The molecule has 0 N–H and O–H groups in total. The molecule has 0 aliphatic carbocycles. The Morgan fingerprint density at radius 3 is 2.52 bits per heavy atom. The van der Waals surface area contributed by atoms with E-state index in [9.17, 15) is 9.59 Å². The average molecular weight is 394 g/mol. The van der Waals surface area contributed by atoms with Gasteiger partial charge in [0, 0.05) is 17.2 Å². The maximum Gasteiger partial charge on any atom is 0.193 e. The summed E-state index contributed by atoms with van der Waals surface area (Å²) >= 11 is 9.47. The zero-order chi connectivity index (χ0) is 16.6. The number of benzene rings is 2. The summed E-state index contributed by atoms with van der Waals surface area (Å²) in [7, 11) is 1.48. The first-order valence-corrected chi connectivity index (χ1v) is 7.77. The van der Waals surface area contributed by atoms with Gasteiger partial charge in [-0.2, -0.15) is 0 Å². The zero-order valence-corrected chi connectivity index (χ0v) is 14.3. The van der Waals surface area contributed by atoms with Crippen molar-refractivity contribution in [3.63, 3.8) is 0 Å². The maximum absolute atomic E-state index is 12.4. The van der Waals surface area contributed by atoms with Gasteiger partial charge in [0.2, 0.25) is 0 Å². The molecule has 6 heteroatoms. The fraction of sp³-hybridized carbons (Fsp3) is 0.0588. The van der Waals surface area contributed by atoms with Crippen LogP contribution in [0, 0.1) is 0 Å². The molecule has 0 atom stereocenters. The fourth-order valence-corrected chi connectivity index (χ4v) is 3.32. The molecule has 0 spiro atoms. The van der Waals surface area contributed by atoms with Crippen LogP contribution in [-0.2, 0) is 0 Å². The van der Waals surface area contributed by atoms with E-state index in [2.05, 4.69) is 15.9 Å². The highest BCUT2D eigenvalue weighted by molar-refractivity contribution is 9.10. The van der Waals surface area contributed by atoms with Crippen LogP contribution < -0.4 is 10.2 Å². The largest absolute Gasteiger partial charge is 0.494 e. The molecule has 0 amide bonds. The molecule has 1 aromatic heterocycles. The van der Waals surface area contributed by atoms with Gasteiger partial charge in [-0.25, -0.2) is 0 Å². The van der Waals surface area contributed by atoms with Crippen LogP contribution in [0.5, 0.6) is 5.75 Å². The zero-order valence-electron chi connectivity index (χ0n) is 11.9. The first kappa shape index (κ1) is 15.8. The van der Waals surface area contributed by atoms with E-state index in [1.807, 2.05) is 0 Å². The molecule has 4 nitrogen and oxygen atoms in total. The number of methoxy groups -OCH3 is 1. The Balaban J connectivity index is 2.27. The van der Waals surface area contributed by atoms with Crippen molar-refractivity contribution in [1.29, 1.82) is 0 Å². The van der Waals surface area contributed by atoms with Crippen molar-refractivity contribution < 1.29 is 13.9 Å². The fourth-order valence-electron chi connectivity index (χ4n) is 2.26. The smallest absolute Gasteiger partial charge is 0.193 e. The maximum atomic E-state index is 12.4. The van der Waals surface area contributed by atoms with Gasteiger partial charge in [0.25, 0.3) is 0 Å². The van der Waals surface area contributed by atoms with Gasteiger partial charge in [0.15, 0.2) is 16.8 Å². The highest BCUT2D eigenvalue weighted by Gasteiger charge is 2.16. The predicted molar refractivity (Wildman–Crippen MR) is 92.6 cm³/mol. The third-order valence-electron chi connectivity index (χ3n) is 3.41. The van der Waals surface area contributed by atoms with E-state index >= 15 is 0 Å². The van der Waals surface area contributed by atoms with Crippen LogP contribution >= 0.6 is 27.5 Å². The van der Waals surface area contributed by atoms with Crippen LogP contribution in [0.3, 0.4) is 0 Å². The van der Waals surface area contributed by atoms with Gasteiger partial charge in [-0.1, -0.05) is 35.9 Å². The molecule has 23 heavy (non-hydrogen) atoms. The molecule has 3 rings (SSSR count). The summed E-state index contributed by atoms with van der Waals surface area (Å²) in [6.45, 7) is 0. The predicted octanol–water partition coefficient (Wildman–Crippen LogP) is 4.70. The van der Waals surface area contributed by atoms with Crippen LogP contribution in [0.25, 0.3) is 22.3 Å². The van der Waals surface area contributed by atoms with Crippen LogP contribution in [0.4, 0.5) is 0 Å². The Bertz CT molecular complexity index is 961. The van der Waals surface area contributed by atoms with Crippen molar-refractivity contribution in [3.8, 4) is 17.1 Å². The van der Waals surface area contributed by atoms with Crippen LogP contribution in [0.15, 0.2) is 50.1 Å². The normalized spacial score (nSPS) is 10.7. The highest BCUT2D eigenvalue weighted by atomic mass is 79.9. The summed E-state index contributed by atoms with van der Waals surface area (Å²) < 4.78 is 11.6. The second kappa shape index (κ2) is 6.18. The van der Waals surface area contributed by atoms with Crippen molar-refractivity contribution in [2.75, 3.05) is 7.11 Å². The molecule has 0 saturated heterocycles. The van der Waals surface area contributed by atoms with Crippen LogP contribution in [0.1, 0.15) is 10.4 Å². The minimum absolute atomic E-state index is 0.217. The minimum Gasteiger partial charge on any atom is -0.494 e. The van der Waals surface area contributed by atoms with Gasteiger partial charge >= 0.3 is 0 Å². The molecule has 0 aliphatic rings. The van der Waals surface area contributed by atoms with Crippen molar-refractivity contribution in [3.05, 3.63) is 61.7 Å². The lowest BCUT2D eigenvalue weighted by molar-refractivity contribution is 0.112. The first-order valence-electron chi connectivity index (χ1n) is 6.60. The number of rotatable bonds is 3. The van der Waals surface area contributed by atoms with E-state index < -0.39 is 0 Å². The lowest BCUT2D eigenvalue weighted by atomic mass is 10.1. The van der Waals surface area contributed by atoms with Crippen LogP contribution in [0.2, 0.25) is 5.02 Å². The minimum atomic E-state index is -0.217. The Morgan fingerprint density at radius 2 is 1.91 bits per heavy atom. The molecule has 0 radical (unpaired) electrons. The number of carbonyl (C=O) groups excluding carboxylic acids is 1. The molecule has 0 fully saturated rings. The molecule has 0 aliphatic heterocycles. The summed E-state index contributed by atoms with van der Waals surface area (Å²) in [4.78, 5) is 23.1. The van der Waals surface area contributed by atoms with E-state index in [1.54, 1.807) is 24.3 Å². The van der Waals surface area contributed by atoms with Crippen molar-refractivity contribution >= 4 is 44.8 Å². The average Bonchev–Trinajstić information content (AvgIpc) is 2.56. The summed E-state index contributed by atoms with van der Waals surface area (Å²) in [6, 6.07) is 9.66. The SMILES string of the molecule is COc1c(Cl)cc2c(=O)cc(-c3ccc(C=O)cc3)oc2c1Br. The number of hydrogen-bond acceptors (Lipinski definition) is 4. The molecule has 116 valence electrons. The van der Waals surface area contributed by atoms with Crippen molar-refractivity contribution in [2.24, 2.45) is 0 Å². The lowest BCUT2D eigenvalue weighted by Crippen LogP contribution is -2.02. The van der Waals surface area contributed by atoms with Gasteiger partial charge in [-0.05, 0) is 22.0 Å². The standard InChI is InChI=1S/C17H10BrClO4/c1-22-17-12(19)6-11-13(21)7-14(23-16(11)15(17)18)10-4-2-9(8-20)3-5-10/h2-8H,1H3. The van der Waals surface area contributed by atoms with Crippen LogP contribution in [-0.4, -0.2) is 13.4 Å². The number of ether oxygens (including phenoxy) is 1. The Hall–Kier alpha value is -2.11. The van der Waals surface area contributed by atoms with Crippen molar-refractivity contribution in [2.45, 2.75) is 0 Å². The van der Waals surface area contributed by atoms with Gasteiger partial charge < -0.3 is 9.15 Å². The van der Waals surface area contributed by atoms with E-state index in [0.717, 1.165) is 6.29 Å². The molecular formula is C17H10BrClO4. The molecule has 0 bridgehead atoms. The van der Waals surface area contributed by atoms with E-state index in [1.165, 1.54) is 19.2 Å². The Labute approximate surface area is 144 Å².